The number of carbonyl (C=O) groups is 3. The lowest BCUT2D eigenvalue weighted by atomic mass is 10.1. The third-order valence-electron chi connectivity index (χ3n) is 5.04. The Morgan fingerprint density at radius 1 is 0.938 bits per heavy atom. The molecule has 1 fully saturated rings. The third kappa shape index (κ3) is 5.26. The molecule has 32 heavy (non-hydrogen) atoms. The molecule has 2 heterocycles. The molecule has 3 amide bonds. The van der Waals surface area contributed by atoms with Crippen molar-refractivity contribution in [2.45, 2.75) is 12.8 Å². The molecule has 0 spiro atoms. The van der Waals surface area contributed by atoms with Gasteiger partial charge in [-0.25, -0.2) is 0 Å². The van der Waals surface area contributed by atoms with Crippen molar-refractivity contribution in [3.63, 3.8) is 0 Å². The van der Waals surface area contributed by atoms with Crippen LogP contribution in [0.25, 0.3) is 6.08 Å². The molecule has 0 radical (unpaired) electrons. The molecule has 0 unspecified atom stereocenters. The van der Waals surface area contributed by atoms with Crippen molar-refractivity contribution < 1.29 is 14.4 Å². The van der Waals surface area contributed by atoms with Gasteiger partial charge in [-0.15, -0.1) is 0 Å². The zero-order valence-corrected chi connectivity index (χ0v) is 17.3. The number of nitrogens with one attached hydrogen (secondary N) is 2. The second-order valence-corrected chi connectivity index (χ2v) is 7.33. The minimum Gasteiger partial charge on any atom is -0.322 e. The average molecular weight is 426 g/mol. The lowest BCUT2D eigenvalue weighted by Gasteiger charge is -2.15. The molecule has 1 aromatic heterocycles. The van der Waals surface area contributed by atoms with Crippen LogP contribution in [0, 0.1) is 0 Å². The second-order valence-electron chi connectivity index (χ2n) is 7.33. The molecule has 1 aliphatic heterocycles. The van der Waals surface area contributed by atoms with E-state index in [9.17, 15) is 14.4 Å². The van der Waals surface area contributed by atoms with Crippen LogP contribution in [-0.2, 0) is 9.59 Å². The van der Waals surface area contributed by atoms with Gasteiger partial charge in [0, 0.05) is 54.1 Å². The van der Waals surface area contributed by atoms with Crippen molar-refractivity contribution in [2.24, 2.45) is 0 Å². The Morgan fingerprint density at radius 3 is 2.44 bits per heavy atom. The Morgan fingerprint density at radius 2 is 1.72 bits per heavy atom. The molecule has 4 rings (SSSR count). The number of nitrogens with zero attached hydrogens (tertiary/aromatic N) is 2. The van der Waals surface area contributed by atoms with E-state index in [4.69, 9.17) is 0 Å². The minimum absolute atomic E-state index is 0.143. The summed E-state index contributed by atoms with van der Waals surface area (Å²) in [6, 6.07) is 17.6. The number of hydrogen-bond acceptors (Lipinski definition) is 4. The van der Waals surface area contributed by atoms with Gasteiger partial charge in [-0.2, -0.15) is 0 Å². The van der Waals surface area contributed by atoms with Gasteiger partial charge in [-0.1, -0.05) is 18.2 Å². The Balaban J connectivity index is 1.35. The van der Waals surface area contributed by atoms with Gasteiger partial charge >= 0.3 is 0 Å². The van der Waals surface area contributed by atoms with Crippen molar-refractivity contribution in [2.75, 3.05) is 22.1 Å². The SMILES string of the molecule is O=C(/C=C/c1ccc(N2CCCC2=O)cc1)Nc1cccc(C(=O)Nc2ccncc2)c1. The molecule has 7 nitrogen and oxygen atoms in total. The van der Waals surface area contributed by atoms with E-state index in [2.05, 4.69) is 15.6 Å². The Hall–Kier alpha value is -4.26. The molecule has 0 bridgehead atoms. The van der Waals surface area contributed by atoms with Crippen LogP contribution in [0.15, 0.2) is 79.1 Å². The van der Waals surface area contributed by atoms with Gasteiger partial charge < -0.3 is 15.5 Å². The van der Waals surface area contributed by atoms with Gasteiger partial charge in [0.15, 0.2) is 0 Å². The normalized spacial score (nSPS) is 13.4. The smallest absolute Gasteiger partial charge is 0.255 e. The molecule has 3 aromatic rings. The van der Waals surface area contributed by atoms with Crippen LogP contribution in [0.5, 0.6) is 0 Å². The number of hydrogen-bond donors (Lipinski definition) is 2. The molecule has 0 aliphatic carbocycles. The topological polar surface area (TPSA) is 91.4 Å². The van der Waals surface area contributed by atoms with Crippen molar-refractivity contribution in [1.82, 2.24) is 4.98 Å². The summed E-state index contributed by atoms with van der Waals surface area (Å²) < 4.78 is 0. The van der Waals surface area contributed by atoms with Crippen LogP contribution in [0.2, 0.25) is 0 Å². The predicted octanol–water partition coefficient (Wildman–Crippen LogP) is 4.11. The molecule has 0 saturated carbocycles. The van der Waals surface area contributed by atoms with E-state index in [1.807, 2.05) is 24.3 Å². The zero-order valence-electron chi connectivity index (χ0n) is 17.3. The summed E-state index contributed by atoms with van der Waals surface area (Å²) >= 11 is 0. The summed E-state index contributed by atoms with van der Waals surface area (Å²) in [4.78, 5) is 42.3. The lowest BCUT2D eigenvalue weighted by molar-refractivity contribution is -0.117. The first-order valence-electron chi connectivity index (χ1n) is 10.3. The average Bonchev–Trinajstić information content (AvgIpc) is 3.25. The van der Waals surface area contributed by atoms with Gasteiger partial charge in [0.1, 0.15) is 0 Å². The zero-order chi connectivity index (χ0) is 22.3. The number of benzene rings is 2. The Kier molecular flexibility index (Phi) is 6.36. The van der Waals surface area contributed by atoms with E-state index in [1.165, 1.54) is 6.08 Å². The summed E-state index contributed by atoms with van der Waals surface area (Å²) in [6.45, 7) is 0.746. The van der Waals surface area contributed by atoms with Crippen molar-refractivity contribution in [3.05, 3.63) is 90.3 Å². The Labute approximate surface area is 185 Å². The first-order valence-corrected chi connectivity index (χ1v) is 10.3. The largest absolute Gasteiger partial charge is 0.322 e. The van der Waals surface area contributed by atoms with Crippen molar-refractivity contribution in [3.8, 4) is 0 Å². The number of aromatic nitrogens is 1. The fraction of sp³-hybridized carbons (Fsp3) is 0.120. The van der Waals surface area contributed by atoms with Crippen LogP contribution in [0.1, 0.15) is 28.8 Å². The third-order valence-corrected chi connectivity index (χ3v) is 5.04. The van der Waals surface area contributed by atoms with E-state index in [1.54, 1.807) is 59.8 Å². The molecule has 1 saturated heterocycles. The van der Waals surface area contributed by atoms with Gasteiger partial charge in [-0.05, 0) is 60.5 Å². The fourth-order valence-corrected chi connectivity index (χ4v) is 3.42. The quantitative estimate of drug-likeness (QED) is 0.580. The fourth-order valence-electron chi connectivity index (χ4n) is 3.42. The Bertz CT molecular complexity index is 1160. The van der Waals surface area contributed by atoms with E-state index in [0.29, 0.717) is 23.4 Å². The molecular weight excluding hydrogens is 404 g/mol. The maximum Gasteiger partial charge on any atom is 0.255 e. The number of carbonyl (C=O) groups excluding carboxylic acids is 3. The van der Waals surface area contributed by atoms with Gasteiger partial charge in [0.2, 0.25) is 11.8 Å². The van der Waals surface area contributed by atoms with Crippen LogP contribution < -0.4 is 15.5 Å². The molecule has 1 aliphatic rings. The highest BCUT2D eigenvalue weighted by Gasteiger charge is 2.21. The maximum atomic E-state index is 12.4. The first kappa shape index (κ1) is 21.0. The van der Waals surface area contributed by atoms with Crippen LogP contribution in [0.4, 0.5) is 17.1 Å². The highest BCUT2D eigenvalue weighted by molar-refractivity contribution is 6.06. The van der Waals surface area contributed by atoms with E-state index < -0.39 is 0 Å². The molecule has 7 heteroatoms. The number of rotatable bonds is 6. The van der Waals surface area contributed by atoms with Crippen LogP contribution >= 0.6 is 0 Å². The predicted molar refractivity (Wildman–Crippen MR) is 124 cm³/mol. The number of amides is 3. The van der Waals surface area contributed by atoms with Crippen LogP contribution in [0.3, 0.4) is 0 Å². The summed E-state index contributed by atoms with van der Waals surface area (Å²) in [7, 11) is 0. The highest BCUT2D eigenvalue weighted by atomic mass is 16.2. The minimum atomic E-state index is -0.310. The summed E-state index contributed by atoms with van der Waals surface area (Å²) in [5.74, 6) is -0.445. The number of pyridine rings is 1. The molecule has 2 N–H and O–H groups in total. The standard InChI is InChI=1S/C25H22N4O3/c30-23(11-8-18-6-9-22(10-7-18)29-16-2-5-24(29)31)27-21-4-1-3-19(17-21)25(32)28-20-12-14-26-15-13-20/h1,3-4,6-15,17H,2,5,16H2,(H,27,30)(H,26,28,32)/b11-8+. The van der Waals surface area contributed by atoms with Crippen molar-refractivity contribution in [1.29, 1.82) is 0 Å². The molecule has 160 valence electrons. The van der Waals surface area contributed by atoms with Gasteiger partial charge in [0.05, 0.1) is 0 Å². The van der Waals surface area contributed by atoms with Gasteiger partial charge in [-0.3, -0.25) is 19.4 Å². The second kappa shape index (κ2) is 9.70. The first-order chi connectivity index (χ1) is 15.6. The molecular formula is C25H22N4O3. The molecule has 2 aromatic carbocycles. The van der Waals surface area contributed by atoms with E-state index in [0.717, 1.165) is 24.2 Å². The van der Waals surface area contributed by atoms with Gasteiger partial charge in [0.25, 0.3) is 5.91 Å². The monoisotopic (exact) mass is 426 g/mol. The summed E-state index contributed by atoms with van der Waals surface area (Å²) in [6.07, 6.45) is 7.79. The van der Waals surface area contributed by atoms with Crippen molar-refractivity contribution >= 4 is 40.9 Å². The molecule has 0 atom stereocenters. The van der Waals surface area contributed by atoms with E-state index >= 15 is 0 Å². The summed E-state index contributed by atoms with van der Waals surface area (Å²) in [5.41, 5.74) is 3.31. The maximum absolute atomic E-state index is 12.4. The lowest BCUT2D eigenvalue weighted by Crippen LogP contribution is -2.23. The number of anilines is 3. The van der Waals surface area contributed by atoms with E-state index in [-0.39, 0.29) is 17.7 Å². The highest BCUT2D eigenvalue weighted by Crippen LogP contribution is 2.22. The van der Waals surface area contributed by atoms with Crippen LogP contribution in [-0.4, -0.2) is 29.3 Å². The summed E-state index contributed by atoms with van der Waals surface area (Å²) in [5, 5.41) is 5.55.